The van der Waals surface area contributed by atoms with Crippen molar-refractivity contribution in [1.29, 1.82) is 0 Å². The number of aryl methyl sites for hydroxylation is 1. The fourth-order valence-electron chi connectivity index (χ4n) is 8.88. The number of phenolic OH excluding ortho intramolecular Hbond substituents is 3. The second-order valence-electron chi connectivity index (χ2n) is 16.6. The molecule has 6 heterocycles. The Balaban J connectivity index is 0.810. The number of esters is 1. The van der Waals surface area contributed by atoms with Gasteiger partial charge < -0.3 is 39.4 Å². The van der Waals surface area contributed by atoms with Gasteiger partial charge in [-0.15, -0.1) is 5.10 Å². The van der Waals surface area contributed by atoms with Crippen molar-refractivity contribution in [1.82, 2.24) is 39.0 Å². The van der Waals surface area contributed by atoms with Gasteiger partial charge in [0.15, 0.2) is 5.82 Å². The third-order valence-electron chi connectivity index (χ3n) is 12.4. The van der Waals surface area contributed by atoms with E-state index in [4.69, 9.17) is 14.5 Å². The minimum absolute atomic E-state index is 0.0126. The van der Waals surface area contributed by atoms with Crippen LogP contribution in [0.25, 0.3) is 39.4 Å². The number of ether oxygens (including phenoxy) is 2. The standard InChI is InChI=1S/C46H48N8O9/c1-5-29-31-18-28(55)10-11-36(31)47-40-34(29)23-53-37(40)20-32-35(43(53)58)24-62-44(59)41(32)63-46(61)50(4)12-13-51-14-16-52(17-15-51)22-26-6-8-27(9-7-26)54-42(48-49-45(54)60)33-19-30(25(2)3)38(56)21-39(33)57/h6-11,18-21,25,41,55-57H,5,12-17,22-24H2,1-4H3,(H,49,60)/t41-/m0/s1. The highest BCUT2D eigenvalue weighted by molar-refractivity contribution is 5.89. The minimum atomic E-state index is -1.41. The molecule has 0 aliphatic carbocycles. The van der Waals surface area contributed by atoms with Gasteiger partial charge in [-0.2, -0.15) is 0 Å². The number of pyridine rings is 2. The number of carbonyl (C=O) groups excluding carboxylic acids is 2. The quantitative estimate of drug-likeness (QED) is 0.131. The molecule has 0 radical (unpaired) electrons. The maximum atomic E-state index is 13.9. The summed E-state index contributed by atoms with van der Waals surface area (Å²) in [6.45, 7) is 10.7. The number of carbonyl (C=O) groups is 2. The fraction of sp³-hybridized carbons (Fsp3) is 0.348. The zero-order valence-electron chi connectivity index (χ0n) is 35.4. The number of piperazine rings is 1. The molecule has 3 aromatic heterocycles. The van der Waals surface area contributed by atoms with Crippen molar-refractivity contribution < 1.29 is 39.5 Å². The predicted molar refractivity (Wildman–Crippen MR) is 231 cm³/mol. The molecule has 63 heavy (non-hydrogen) atoms. The lowest BCUT2D eigenvalue weighted by Crippen LogP contribution is -2.48. The second-order valence-corrected chi connectivity index (χ2v) is 16.6. The molecule has 1 atom stereocenters. The number of benzene rings is 3. The van der Waals surface area contributed by atoms with Gasteiger partial charge in [0.25, 0.3) is 5.56 Å². The summed E-state index contributed by atoms with van der Waals surface area (Å²) in [6, 6.07) is 17.0. The molecule has 3 aromatic carbocycles. The molecule has 1 amide bonds. The van der Waals surface area contributed by atoms with Crippen LogP contribution in [0, 0.1) is 0 Å². The van der Waals surface area contributed by atoms with Crippen LogP contribution in [-0.2, 0) is 40.4 Å². The fourth-order valence-corrected chi connectivity index (χ4v) is 8.88. The zero-order chi connectivity index (χ0) is 44.3. The number of hydrogen-bond donors (Lipinski definition) is 4. The molecule has 3 aliphatic rings. The van der Waals surface area contributed by atoms with Gasteiger partial charge in [-0.05, 0) is 71.5 Å². The Hall–Kier alpha value is -6.98. The molecule has 17 heteroatoms. The van der Waals surface area contributed by atoms with Crippen molar-refractivity contribution >= 4 is 23.0 Å². The van der Waals surface area contributed by atoms with Gasteiger partial charge in [-0.25, -0.2) is 19.1 Å². The normalized spacial score (nSPS) is 16.2. The average molecular weight is 857 g/mol. The number of aromatic hydroxyl groups is 4. The van der Waals surface area contributed by atoms with E-state index in [1.165, 1.54) is 15.5 Å². The highest BCUT2D eigenvalue weighted by atomic mass is 16.6. The van der Waals surface area contributed by atoms with Gasteiger partial charge in [0.1, 0.15) is 23.9 Å². The van der Waals surface area contributed by atoms with Crippen molar-refractivity contribution in [2.75, 3.05) is 46.3 Å². The predicted octanol–water partition coefficient (Wildman–Crippen LogP) is 5.17. The maximum Gasteiger partial charge on any atom is 0.410 e. The van der Waals surface area contributed by atoms with E-state index in [0.29, 0.717) is 65.3 Å². The van der Waals surface area contributed by atoms with Crippen molar-refractivity contribution in [3.8, 4) is 51.7 Å². The molecule has 6 aromatic rings. The number of hydrogen-bond acceptors (Lipinski definition) is 14. The molecule has 0 spiro atoms. The summed E-state index contributed by atoms with van der Waals surface area (Å²) in [7, 11) is 1.61. The van der Waals surface area contributed by atoms with Crippen LogP contribution in [0.5, 0.6) is 23.3 Å². The van der Waals surface area contributed by atoms with E-state index >= 15 is 0 Å². The SMILES string of the molecule is CCc1c2c(nc3ccc(O)cc13)-c1cc3c(c(=O)n1C2)COC(=O)[C@H]3OC(=O)N(C)CCN1CCN(Cc2ccc(-n3c(O)nnc3-c3cc(C(C)C)c(O)cc3O)cc2)CC1. The highest BCUT2D eigenvalue weighted by Gasteiger charge is 2.38. The number of rotatable bonds is 10. The molecule has 4 N–H and O–H groups in total. The molecular weight excluding hydrogens is 809 g/mol. The topological polar surface area (TPSA) is 209 Å². The van der Waals surface area contributed by atoms with Crippen LogP contribution >= 0.6 is 0 Å². The van der Waals surface area contributed by atoms with E-state index in [2.05, 4.69) is 20.0 Å². The van der Waals surface area contributed by atoms with Gasteiger partial charge in [-0.3, -0.25) is 14.6 Å². The van der Waals surface area contributed by atoms with Crippen molar-refractivity contribution in [3.63, 3.8) is 0 Å². The largest absolute Gasteiger partial charge is 0.508 e. The summed E-state index contributed by atoms with van der Waals surface area (Å²) in [5.74, 6) is -0.586. The van der Waals surface area contributed by atoms with Crippen LogP contribution in [0.4, 0.5) is 4.79 Å². The molecule has 326 valence electrons. The highest BCUT2D eigenvalue weighted by Crippen LogP contribution is 2.41. The lowest BCUT2D eigenvalue weighted by molar-refractivity contribution is -0.158. The van der Waals surface area contributed by atoms with E-state index in [1.54, 1.807) is 41.9 Å². The second kappa shape index (κ2) is 16.4. The van der Waals surface area contributed by atoms with Crippen LogP contribution in [0.15, 0.2) is 65.5 Å². The Kier molecular flexibility index (Phi) is 10.8. The smallest absolute Gasteiger partial charge is 0.410 e. The first kappa shape index (κ1) is 41.4. The van der Waals surface area contributed by atoms with Crippen LogP contribution in [0.3, 0.4) is 0 Å². The van der Waals surface area contributed by atoms with E-state index in [0.717, 1.165) is 48.3 Å². The Morgan fingerprint density at radius 1 is 0.921 bits per heavy atom. The van der Waals surface area contributed by atoms with Gasteiger partial charge >= 0.3 is 18.1 Å². The molecule has 0 unspecified atom stereocenters. The molecule has 0 bridgehead atoms. The first-order valence-electron chi connectivity index (χ1n) is 21.0. The lowest BCUT2D eigenvalue weighted by atomic mass is 9.97. The Bertz CT molecular complexity index is 2850. The molecule has 0 saturated carbocycles. The summed E-state index contributed by atoms with van der Waals surface area (Å²) < 4.78 is 14.2. The average Bonchev–Trinajstić information content (AvgIpc) is 3.83. The van der Waals surface area contributed by atoms with Crippen molar-refractivity contribution in [2.24, 2.45) is 0 Å². The summed E-state index contributed by atoms with van der Waals surface area (Å²) in [5, 5.41) is 50.6. The Morgan fingerprint density at radius 3 is 2.40 bits per heavy atom. The molecule has 1 fully saturated rings. The Morgan fingerprint density at radius 2 is 1.67 bits per heavy atom. The van der Waals surface area contributed by atoms with E-state index in [1.807, 2.05) is 45.0 Å². The third kappa shape index (κ3) is 7.56. The number of aromatic nitrogens is 5. The van der Waals surface area contributed by atoms with E-state index in [9.17, 15) is 34.8 Å². The first-order chi connectivity index (χ1) is 30.3. The first-order valence-corrected chi connectivity index (χ1v) is 21.0. The number of likely N-dealkylation sites (N-methyl/N-ethyl adjacent to an activating group) is 1. The number of amides is 1. The lowest BCUT2D eigenvalue weighted by Gasteiger charge is -2.35. The van der Waals surface area contributed by atoms with Crippen LogP contribution in [0.1, 0.15) is 66.2 Å². The Labute approximate surface area is 362 Å². The molecular formula is C46H48N8O9. The van der Waals surface area contributed by atoms with E-state index < -0.39 is 18.2 Å². The zero-order valence-corrected chi connectivity index (χ0v) is 35.4. The summed E-state index contributed by atoms with van der Waals surface area (Å²) in [6.07, 6.45) is -1.47. The monoisotopic (exact) mass is 856 g/mol. The summed E-state index contributed by atoms with van der Waals surface area (Å²) >= 11 is 0. The van der Waals surface area contributed by atoms with E-state index in [-0.39, 0.29) is 59.3 Å². The van der Waals surface area contributed by atoms with Gasteiger partial charge in [-0.1, -0.05) is 38.0 Å². The summed E-state index contributed by atoms with van der Waals surface area (Å²) in [5.41, 5.74) is 6.56. The number of nitrogens with zero attached hydrogens (tertiary/aromatic N) is 8. The maximum absolute atomic E-state index is 13.9. The van der Waals surface area contributed by atoms with Crippen LogP contribution < -0.4 is 5.56 Å². The third-order valence-corrected chi connectivity index (χ3v) is 12.4. The molecule has 3 aliphatic heterocycles. The molecule has 17 nitrogen and oxygen atoms in total. The van der Waals surface area contributed by atoms with Crippen LogP contribution in [0.2, 0.25) is 0 Å². The van der Waals surface area contributed by atoms with Crippen molar-refractivity contribution in [3.05, 3.63) is 104 Å². The number of cyclic esters (lactones) is 1. The van der Waals surface area contributed by atoms with Gasteiger partial charge in [0.2, 0.25) is 6.10 Å². The summed E-state index contributed by atoms with van der Waals surface area (Å²) in [4.78, 5) is 51.4. The number of phenols is 3. The van der Waals surface area contributed by atoms with Crippen molar-refractivity contribution in [2.45, 2.75) is 58.9 Å². The van der Waals surface area contributed by atoms with Crippen LogP contribution in [-0.4, -0.2) is 118 Å². The molecule has 1 saturated heterocycles. The van der Waals surface area contributed by atoms with Gasteiger partial charge in [0.05, 0.1) is 40.3 Å². The van der Waals surface area contributed by atoms with Gasteiger partial charge in [0, 0.05) is 75.4 Å². The molecule has 9 rings (SSSR count). The minimum Gasteiger partial charge on any atom is -0.508 e. The number of fused-ring (bicyclic) bond motifs is 5.